The van der Waals surface area contributed by atoms with Gasteiger partial charge in [0.05, 0.1) is 17.7 Å². The van der Waals surface area contributed by atoms with Crippen LogP contribution in [0.2, 0.25) is 0 Å². The molecule has 0 heterocycles. The number of rotatable bonds is 11. The number of benzene rings is 1. The molecule has 0 fully saturated rings. The summed E-state index contributed by atoms with van der Waals surface area (Å²) in [5.41, 5.74) is 0.790. The van der Waals surface area contributed by atoms with Gasteiger partial charge < -0.3 is 9.47 Å². The molecule has 0 spiro atoms. The Bertz CT molecular complexity index is 504. The van der Waals surface area contributed by atoms with Crippen molar-refractivity contribution in [3.05, 3.63) is 35.4 Å². The summed E-state index contributed by atoms with van der Waals surface area (Å²) >= 11 is 0. The minimum Gasteiger partial charge on any atom is -0.462 e. The summed E-state index contributed by atoms with van der Waals surface area (Å²) in [5.74, 6) is -0.762. The van der Waals surface area contributed by atoms with Crippen LogP contribution in [0.25, 0.3) is 0 Å². The second kappa shape index (κ2) is 11.7. The van der Waals surface area contributed by atoms with Crippen molar-refractivity contribution in [1.82, 2.24) is 0 Å². The fourth-order valence-electron chi connectivity index (χ4n) is 2.50. The Kier molecular flexibility index (Phi) is 9.81. The van der Waals surface area contributed by atoms with E-state index in [0.717, 1.165) is 44.9 Å². The van der Waals surface area contributed by atoms with E-state index in [1.807, 2.05) is 0 Å². The first-order chi connectivity index (χ1) is 11.6. The number of hydrogen-bond donors (Lipinski definition) is 0. The molecule has 24 heavy (non-hydrogen) atoms. The van der Waals surface area contributed by atoms with Crippen LogP contribution in [0.4, 0.5) is 0 Å². The van der Waals surface area contributed by atoms with Crippen LogP contribution in [0.1, 0.15) is 86.4 Å². The number of carbonyl (C=O) groups excluding carboxylic acids is 2. The molecule has 0 amide bonds. The Morgan fingerprint density at radius 3 is 2.12 bits per heavy atom. The molecular weight excluding hydrogens is 304 g/mol. The van der Waals surface area contributed by atoms with Crippen molar-refractivity contribution in [3.8, 4) is 0 Å². The van der Waals surface area contributed by atoms with Gasteiger partial charge in [0.25, 0.3) is 0 Å². The van der Waals surface area contributed by atoms with Crippen molar-refractivity contribution in [1.29, 1.82) is 0 Å². The zero-order valence-corrected chi connectivity index (χ0v) is 15.2. The lowest BCUT2D eigenvalue weighted by atomic mass is 10.1. The highest BCUT2D eigenvalue weighted by atomic mass is 16.5. The van der Waals surface area contributed by atoms with E-state index in [1.54, 1.807) is 24.3 Å². The first-order valence-corrected chi connectivity index (χ1v) is 9.10. The van der Waals surface area contributed by atoms with Crippen molar-refractivity contribution in [2.45, 2.75) is 71.8 Å². The minimum atomic E-state index is -0.389. The molecule has 0 aliphatic rings. The zero-order valence-electron chi connectivity index (χ0n) is 15.2. The van der Waals surface area contributed by atoms with E-state index in [0.29, 0.717) is 17.7 Å². The Morgan fingerprint density at radius 1 is 0.917 bits per heavy atom. The molecule has 1 aromatic rings. The van der Waals surface area contributed by atoms with Crippen LogP contribution in [0.15, 0.2) is 24.3 Å². The summed E-state index contributed by atoms with van der Waals surface area (Å²) in [6.07, 6.45) is 6.59. The Morgan fingerprint density at radius 2 is 1.54 bits per heavy atom. The monoisotopic (exact) mass is 334 g/mol. The minimum absolute atomic E-state index is 0.0582. The number of esters is 2. The summed E-state index contributed by atoms with van der Waals surface area (Å²) in [5, 5.41) is 0. The Hall–Kier alpha value is -1.84. The van der Waals surface area contributed by atoms with E-state index < -0.39 is 0 Å². The van der Waals surface area contributed by atoms with E-state index in [9.17, 15) is 9.59 Å². The maximum Gasteiger partial charge on any atom is 0.338 e. The van der Waals surface area contributed by atoms with Crippen LogP contribution in [0.3, 0.4) is 0 Å². The molecule has 0 atom stereocenters. The van der Waals surface area contributed by atoms with Gasteiger partial charge in [0, 0.05) is 0 Å². The van der Waals surface area contributed by atoms with Gasteiger partial charge in [0.2, 0.25) is 0 Å². The quantitative estimate of drug-likeness (QED) is 0.414. The van der Waals surface area contributed by atoms with E-state index in [-0.39, 0.29) is 18.0 Å². The fourth-order valence-corrected chi connectivity index (χ4v) is 2.50. The van der Waals surface area contributed by atoms with Crippen molar-refractivity contribution in [2.24, 2.45) is 0 Å². The predicted octanol–water partition coefficient (Wildman–Crippen LogP) is 5.16. The van der Waals surface area contributed by atoms with Gasteiger partial charge in [-0.3, -0.25) is 0 Å². The third-order valence-corrected chi connectivity index (χ3v) is 3.81. The Balaban J connectivity index is 2.65. The van der Waals surface area contributed by atoms with Crippen molar-refractivity contribution >= 4 is 11.9 Å². The van der Waals surface area contributed by atoms with Gasteiger partial charge in [-0.15, -0.1) is 0 Å². The number of hydrogen-bond acceptors (Lipinski definition) is 4. The average Bonchev–Trinajstić information content (AvgIpc) is 2.59. The lowest BCUT2D eigenvalue weighted by molar-refractivity contribution is 0.0258. The molecule has 0 aromatic heterocycles. The van der Waals surface area contributed by atoms with Gasteiger partial charge in [-0.05, 0) is 37.5 Å². The van der Waals surface area contributed by atoms with Gasteiger partial charge >= 0.3 is 11.9 Å². The molecule has 1 aromatic carbocycles. The SMILES string of the molecule is CCCCCOC(=O)c1cccc(C(=O)OC(CCC)CCC)c1. The number of carbonyl (C=O) groups is 2. The van der Waals surface area contributed by atoms with Gasteiger partial charge in [0.15, 0.2) is 0 Å². The standard InChI is InChI=1S/C20H30O4/c1-4-7-8-14-23-19(21)16-12-9-13-17(15-16)20(22)24-18(10-5-2)11-6-3/h9,12-13,15,18H,4-8,10-11,14H2,1-3H3. The normalized spacial score (nSPS) is 10.7. The molecule has 4 nitrogen and oxygen atoms in total. The van der Waals surface area contributed by atoms with Crippen LogP contribution in [0, 0.1) is 0 Å². The van der Waals surface area contributed by atoms with Crippen LogP contribution in [-0.4, -0.2) is 24.6 Å². The van der Waals surface area contributed by atoms with Crippen molar-refractivity contribution in [2.75, 3.05) is 6.61 Å². The molecule has 0 aliphatic heterocycles. The first kappa shape index (κ1) is 20.2. The summed E-state index contributed by atoms with van der Waals surface area (Å²) in [6, 6.07) is 6.58. The molecule has 4 heteroatoms. The molecule has 0 unspecified atom stereocenters. The van der Waals surface area contributed by atoms with E-state index in [2.05, 4.69) is 20.8 Å². The molecule has 0 N–H and O–H groups in total. The van der Waals surface area contributed by atoms with E-state index >= 15 is 0 Å². The third kappa shape index (κ3) is 7.16. The van der Waals surface area contributed by atoms with E-state index in [1.165, 1.54) is 0 Å². The topological polar surface area (TPSA) is 52.6 Å². The summed E-state index contributed by atoms with van der Waals surface area (Å²) in [6.45, 7) is 6.66. The Labute approximate surface area is 145 Å². The average molecular weight is 334 g/mol. The molecule has 0 bridgehead atoms. The zero-order chi connectivity index (χ0) is 17.8. The molecule has 0 saturated heterocycles. The van der Waals surface area contributed by atoms with Gasteiger partial charge in [-0.2, -0.15) is 0 Å². The highest BCUT2D eigenvalue weighted by Crippen LogP contribution is 2.14. The first-order valence-electron chi connectivity index (χ1n) is 9.10. The smallest absolute Gasteiger partial charge is 0.338 e. The van der Waals surface area contributed by atoms with Crippen molar-refractivity contribution < 1.29 is 19.1 Å². The van der Waals surface area contributed by atoms with Crippen LogP contribution < -0.4 is 0 Å². The lowest BCUT2D eigenvalue weighted by Crippen LogP contribution is -2.18. The molecule has 0 aliphatic carbocycles. The highest BCUT2D eigenvalue weighted by molar-refractivity contribution is 5.95. The van der Waals surface area contributed by atoms with Gasteiger partial charge in [0.1, 0.15) is 6.10 Å². The van der Waals surface area contributed by atoms with Crippen LogP contribution >= 0.6 is 0 Å². The maximum absolute atomic E-state index is 12.3. The molecule has 0 saturated carbocycles. The van der Waals surface area contributed by atoms with Gasteiger partial charge in [-0.25, -0.2) is 9.59 Å². The van der Waals surface area contributed by atoms with Crippen LogP contribution in [-0.2, 0) is 9.47 Å². The second-order valence-electron chi connectivity index (χ2n) is 6.03. The maximum atomic E-state index is 12.3. The summed E-state index contributed by atoms with van der Waals surface area (Å²) < 4.78 is 10.8. The van der Waals surface area contributed by atoms with E-state index in [4.69, 9.17) is 9.47 Å². The number of unbranched alkanes of at least 4 members (excludes halogenated alkanes) is 2. The summed E-state index contributed by atoms with van der Waals surface area (Å²) in [4.78, 5) is 24.3. The molecular formula is C20H30O4. The fraction of sp³-hybridized carbons (Fsp3) is 0.600. The number of ether oxygens (including phenoxy) is 2. The third-order valence-electron chi connectivity index (χ3n) is 3.81. The molecule has 0 radical (unpaired) electrons. The summed E-state index contributed by atoms with van der Waals surface area (Å²) in [7, 11) is 0. The van der Waals surface area contributed by atoms with Crippen LogP contribution in [0.5, 0.6) is 0 Å². The largest absolute Gasteiger partial charge is 0.462 e. The second-order valence-corrected chi connectivity index (χ2v) is 6.03. The predicted molar refractivity (Wildman–Crippen MR) is 95.3 cm³/mol. The molecule has 1 rings (SSSR count). The van der Waals surface area contributed by atoms with Crippen molar-refractivity contribution in [3.63, 3.8) is 0 Å². The molecule has 134 valence electrons. The highest BCUT2D eigenvalue weighted by Gasteiger charge is 2.16. The lowest BCUT2D eigenvalue weighted by Gasteiger charge is -2.16. The van der Waals surface area contributed by atoms with Gasteiger partial charge in [-0.1, -0.05) is 52.5 Å².